The van der Waals surface area contributed by atoms with Crippen molar-refractivity contribution in [3.63, 3.8) is 0 Å². The van der Waals surface area contributed by atoms with Crippen molar-refractivity contribution < 1.29 is 14.3 Å². The summed E-state index contributed by atoms with van der Waals surface area (Å²) in [5, 5.41) is 2.93. The van der Waals surface area contributed by atoms with E-state index in [1.807, 2.05) is 73.7 Å². The standard InChI is InChI=1S/C26H29NO3/c1-3-5-19-29-23-17-13-22(14-18-23)27-26(28)25(4-2)30-24-15-11-21(12-16-24)20-9-7-6-8-10-20/h6-18,25H,3-5,19H2,1-2H3,(H,27,28). The van der Waals surface area contributed by atoms with E-state index in [1.165, 1.54) is 0 Å². The van der Waals surface area contributed by atoms with Gasteiger partial charge < -0.3 is 14.8 Å². The topological polar surface area (TPSA) is 47.6 Å². The SMILES string of the molecule is CCCCOc1ccc(NC(=O)C(CC)Oc2ccc(-c3ccccc3)cc2)cc1. The minimum atomic E-state index is -0.562. The van der Waals surface area contributed by atoms with Crippen LogP contribution in [0.5, 0.6) is 11.5 Å². The van der Waals surface area contributed by atoms with Crippen molar-refractivity contribution in [1.82, 2.24) is 0 Å². The molecule has 30 heavy (non-hydrogen) atoms. The Hall–Kier alpha value is -3.27. The van der Waals surface area contributed by atoms with Crippen molar-refractivity contribution in [2.45, 2.75) is 39.2 Å². The van der Waals surface area contributed by atoms with E-state index in [1.54, 1.807) is 0 Å². The van der Waals surface area contributed by atoms with Crippen LogP contribution in [0.2, 0.25) is 0 Å². The molecule has 1 amide bonds. The first-order valence-electron chi connectivity index (χ1n) is 10.6. The van der Waals surface area contributed by atoms with Crippen LogP contribution in [-0.2, 0) is 4.79 Å². The summed E-state index contributed by atoms with van der Waals surface area (Å²) < 4.78 is 11.6. The van der Waals surface area contributed by atoms with Crippen LogP contribution in [-0.4, -0.2) is 18.6 Å². The minimum Gasteiger partial charge on any atom is -0.494 e. The Labute approximate surface area is 178 Å². The summed E-state index contributed by atoms with van der Waals surface area (Å²) in [5.74, 6) is 1.32. The van der Waals surface area contributed by atoms with Gasteiger partial charge in [0.05, 0.1) is 6.61 Å². The fourth-order valence-electron chi connectivity index (χ4n) is 3.03. The van der Waals surface area contributed by atoms with Crippen molar-refractivity contribution in [1.29, 1.82) is 0 Å². The lowest BCUT2D eigenvalue weighted by molar-refractivity contribution is -0.122. The predicted octanol–water partition coefficient (Wildman–Crippen LogP) is 6.33. The van der Waals surface area contributed by atoms with E-state index in [4.69, 9.17) is 9.47 Å². The first-order chi connectivity index (χ1) is 14.7. The Morgan fingerprint density at radius 2 is 1.47 bits per heavy atom. The van der Waals surface area contributed by atoms with Gasteiger partial charge >= 0.3 is 0 Å². The Morgan fingerprint density at radius 1 is 0.833 bits per heavy atom. The molecule has 3 aromatic carbocycles. The van der Waals surface area contributed by atoms with E-state index in [2.05, 4.69) is 24.4 Å². The molecule has 1 N–H and O–H groups in total. The van der Waals surface area contributed by atoms with E-state index in [-0.39, 0.29) is 5.91 Å². The van der Waals surface area contributed by atoms with Gasteiger partial charge in [-0.1, -0.05) is 62.7 Å². The van der Waals surface area contributed by atoms with Crippen molar-refractivity contribution in [3.8, 4) is 22.6 Å². The van der Waals surface area contributed by atoms with Crippen LogP contribution in [0.3, 0.4) is 0 Å². The molecule has 0 fully saturated rings. The maximum absolute atomic E-state index is 12.7. The van der Waals surface area contributed by atoms with Gasteiger partial charge in [-0.2, -0.15) is 0 Å². The van der Waals surface area contributed by atoms with Gasteiger partial charge in [-0.05, 0) is 60.4 Å². The number of anilines is 1. The molecule has 156 valence electrons. The molecule has 0 radical (unpaired) electrons. The maximum Gasteiger partial charge on any atom is 0.265 e. The fraction of sp³-hybridized carbons (Fsp3) is 0.269. The molecule has 0 aliphatic carbocycles. The van der Waals surface area contributed by atoms with Gasteiger partial charge in [0.25, 0.3) is 5.91 Å². The average Bonchev–Trinajstić information content (AvgIpc) is 2.79. The van der Waals surface area contributed by atoms with Gasteiger partial charge in [-0.15, -0.1) is 0 Å². The quantitative estimate of drug-likeness (QED) is 0.402. The molecule has 0 spiro atoms. The molecule has 4 nitrogen and oxygen atoms in total. The number of ether oxygens (including phenoxy) is 2. The molecule has 0 saturated heterocycles. The van der Waals surface area contributed by atoms with Gasteiger partial charge in [-0.3, -0.25) is 4.79 Å². The van der Waals surface area contributed by atoms with E-state index >= 15 is 0 Å². The van der Waals surface area contributed by atoms with Gasteiger partial charge in [0.2, 0.25) is 0 Å². The number of benzene rings is 3. The Bertz CT molecular complexity index is 905. The van der Waals surface area contributed by atoms with Crippen molar-refractivity contribution in [2.75, 3.05) is 11.9 Å². The third-order valence-corrected chi connectivity index (χ3v) is 4.79. The molecule has 1 atom stereocenters. The van der Waals surface area contributed by atoms with Gasteiger partial charge in [0, 0.05) is 5.69 Å². The first-order valence-corrected chi connectivity index (χ1v) is 10.6. The van der Waals surface area contributed by atoms with Gasteiger partial charge in [0.1, 0.15) is 11.5 Å². The Morgan fingerprint density at radius 3 is 2.10 bits per heavy atom. The first kappa shape index (κ1) is 21.4. The van der Waals surface area contributed by atoms with Crippen LogP contribution < -0.4 is 14.8 Å². The van der Waals surface area contributed by atoms with E-state index in [9.17, 15) is 4.79 Å². The predicted molar refractivity (Wildman–Crippen MR) is 122 cm³/mol. The summed E-state index contributed by atoms with van der Waals surface area (Å²) in [4.78, 5) is 12.7. The lowest BCUT2D eigenvalue weighted by Crippen LogP contribution is -2.32. The van der Waals surface area contributed by atoms with Crippen molar-refractivity contribution in [3.05, 3.63) is 78.9 Å². The lowest BCUT2D eigenvalue weighted by Gasteiger charge is -2.18. The second-order valence-corrected chi connectivity index (χ2v) is 7.12. The zero-order valence-electron chi connectivity index (χ0n) is 17.6. The number of carbonyl (C=O) groups is 1. The molecule has 0 aliphatic rings. The number of unbranched alkanes of at least 4 members (excludes halogenated alkanes) is 1. The third kappa shape index (κ3) is 6.11. The lowest BCUT2D eigenvalue weighted by atomic mass is 10.1. The smallest absolute Gasteiger partial charge is 0.265 e. The third-order valence-electron chi connectivity index (χ3n) is 4.79. The van der Waals surface area contributed by atoms with E-state index in [0.29, 0.717) is 18.8 Å². The maximum atomic E-state index is 12.7. The normalized spacial score (nSPS) is 11.5. The number of carbonyl (C=O) groups excluding carboxylic acids is 1. The molecule has 0 heterocycles. The zero-order chi connectivity index (χ0) is 21.2. The molecule has 1 unspecified atom stereocenters. The highest BCUT2D eigenvalue weighted by Gasteiger charge is 2.18. The summed E-state index contributed by atoms with van der Waals surface area (Å²) >= 11 is 0. The summed E-state index contributed by atoms with van der Waals surface area (Å²) in [5.41, 5.74) is 2.99. The molecule has 0 aromatic heterocycles. The molecular weight excluding hydrogens is 374 g/mol. The van der Waals surface area contributed by atoms with E-state index < -0.39 is 6.10 Å². The molecule has 4 heteroatoms. The number of nitrogens with one attached hydrogen (secondary N) is 1. The highest BCUT2D eigenvalue weighted by atomic mass is 16.5. The minimum absolute atomic E-state index is 0.163. The van der Waals surface area contributed by atoms with Crippen LogP contribution in [0.25, 0.3) is 11.1 Å². The molecular formula is C26H29NO3. The summed E-state index contributed by atoms with van der Waals surface area (Å²) in [6.45, 7) is 4.77. The largest absolute Gasteiger partial charge is 0.494 e. The second kappa shape index (κ2) is 11.1. The van der Waals surface area contributed by atoms with Crippen LogP contribution in [0.1, 0.15) is 33.1 Å². The van der Waals surface area contributed by atoms with Crippen molar-refractivity contribution >= 4 is 11.6 Å². The molecule has 3 rings (SSSR count). The highest BCUT2D eigenvalue weighted by molar-refractivity contribution is 5.94. The Balaban J connectivity index is 1.57. The second-order valence-electron chi connectivity index (χ2n) is 7.12. The summed E-state index contributed by atoms with van der Waals surface area (Å²) in [6, 6.07) is 25.4. The molecule has 0 saturated carbocycles. The zero-order valence-corrected chi connectivity index (χ0v) is 17.6. The van der Waals surface area contributed by atoms with Crippen LogP contribution in [0, 0.1) is 0 Å². The van der Waals surface area contributed by atoms with Crippen LogP contribution in [0.4, 0.5) is 5.69 Å². The van der Waals surface area contributed by atoms with Crippen molar-refractivity contribution in [2.24, 2.45) is 0 Å². The molecule has 0 aliphatic heterocycles. The van der Waals surface area contributed by atoms with Gasteiger partial charge in [-0.25, -0.2) is 0 Å². The Kier molecular flexibility index (Phi) is 7.90. The van der Waals surface area contributed by atoms with Crippen LogP contribution >= 0.6 is 0 Å². The van der Waals surface area contributed by atoms with E-state index in [0.717, 1.165) is 35.4 Å². The highest BCUT2D eigenvalue weighted by Crippen LogP contribution is 2.23. The molecule has 3 aromatic rings. The van der Waals surface area contributed by atoms with Crippen LogP contribution in [0.15, 0.2) is 78.9 Å². The fourth-order valence-corrected chi connectivity index (χ4v) is 3.03. The number of hydrogen-bond acceptors (Lipinski definition) is 3. The monoisotopic (exact) mass is 403 g/mol. The molecule has 0 bridgehead atoms. The number of rotatable bonds is 10. The average molecular weight is 404 g/mol. The summed E-state index contributed by atoms with van der Waals surface area (Å²) in [6.07, 6.45) is 2.14. The number of amides is 1. The number of hydrogen-bond donors (Lipinski definition) is 1. The van der Waals surface area contributed by atoms with Gasteiger partial charge in [0.15, 0.2) is 6.10 Å². The summed E-state index contributed by atoms with van der Waals surface area (Å²) in [7, 11) is 0.